The fourth-order valence-electron chi connectivity index (χ4n) is 1.82. The molecular weight excluding hydrogens is 346 g/mol. The van der Waals surface area contributed by atoms with Gasteiger partial charge < -0.3 is 10.1 Å². The molecule has 0 fully saturated rings. The molecule has 0 bridgehead atoms. The Kier molecular flexibility index (Phi) is 9.97. The van der Waals surface area contributed by atoms with Gasteiger partial charge in [-0.25, -0.2) is 9.78 Å². The van der Waals surface area contributed by atoms with Crippen molar-refractivity contribution in [2.75, 3.05) is 12.4 Å². The molecule has 1 aromatic heterocycles. The van der Waals surface area contributed by atoms with Crippen LogP contribution in [0.15, 0.2) is 28.9 Å². The summed E-state index contributed by atoms with van der Waals surface area (Å²) in [5, 5.41) is 13.5. The summed E-state index contributed by atoms with van der Waals surface area (Å²) in [5.41, 5.74) is 0.924. The van der Waals surface area contributed by atoms with E-state index in [0.717, 1.165) is 30.6 Å². The van der Waals surface area contributed by atoms with Crippen LogP contribution >= 0.6 is 23.4 Å². The highest BCUT2D eigenvalue weighted by Gasteiger charge is 2.17. The highest BCUT2D eigenvalue weighted by Crippen LogP contribution is 2.21. The molecule has 0 aromatic carbocycles. The van der Waals surface area contributed by atoms with E-state index < -0.39 is 5.97 Å². The van der Waals surface area contributed by atoms with Gasteiger partial charge in [-0.2, -0.15) is 5.26 Å². The van der Waals surface area contributed by atoms with Gasteiger partial charge in [0.25, 0.3) is 0 Å². The molecule has 0 amide bonds. The van der Waals surface area contributed by atoms with Gasteiger partial charge in [0.05, 0.1) is 11.6 Å². The van der Waals surface area contributed by atoms with Crippen molar-refractivity contribution in [3.05, 3.63) is 39.6 Å². The number of carbonyl (C=O) groups excluding carboxylic acids is 1. The minimum atomic E-state index is -0.597. The number of nitrogens with one attached hydrogen (secondary N) is 1. The minimum absolute atomic E-state index is 0.0141. The first-order valence-corrected chi connectivity index (χ1v) is 9.27. The normalized spacial score (nSPS) is 11.4. The molecule has 5 nitrogen and oxygen atoms in total. The van der Waals surface area contributed by atoms with Crippen LogP contribution in [0.5, 0.6) is 0 Å². The Morgan fingerprint density at radius 1 is 1.42 bits per heavy atom. The predicted molar refractivity (Wildman–Crippen MR) is 97.3 cm³/mol. The molecule has 0 saturated heterocycles. The Bertz CT molecular complexity index is 597. The fourth-order valence-corrected chi connectivity index (χ4v) is 2.94. The summed E-state index contributed by atoms with van der Waals surface area (Å²) in [5.74, 6) is 0.235. The lowest BCUT2D eigenvalue weighted by Crippen LogP contribution is -2.18. The number of pyridine rings is 1. The molecule has 0 aliphatic carbocycles. The maximum Gasteiger partial charge on any atom is 0.351 e. The Morgan fingerprint density at radius 2 is 2.21 bits per heavy atom. The number of carbonyl (C=O) groups is 1. The number of ether oxygens (including phenoxy) is 1. The molecule has 0 aliphatic rings. The van der Waals surface area contributed by atoms with Crippen molar-refractivity contribution in [3.63, 3.8) is 0 Å². The van der Waals surface area contributed by atoms with Crippen LogP contribution in [0.1, 0.15) is 38.7 Å². The number of nitrogens with zero attached hydrogens (tertiary/aromatic N) is 2. The van der Waals surface area contributed by atoms with Gasteiger partial charge in [-0.05, 0) is 30.7 Å². The maximum absolute atomic E-state index is 12.0. The molecule has 0 atom stereocenters. The van der Waals surface area contributed by atoms with E-state index in [1.807, 2.05) is 12.1 Å². The third kappa shape index (κ3) is 7.24. The number of thioether (sulfide) groups is 1. The summed E-state index contributed by atoms with van der Waals surface area (Å²) < 4.78 is 4.97. The second-order valence-corrected chi connectivity index (χ2v) is 6.43. The summed E-state index contributed by atoms with van der Waals surface area (Å²) >= 11 is 7.24. The zero-order valence-electron chi connectivity index (χ0n) is 14.0. The molecule has 1 heterocycles. The number of hydrogen-bond acceptors (Lipinski definition) is 6. The predicted octanol–water partition coefficient (Wildman–Crippen LogP) is 4.05. The van der Waals surface area contributed by atoms with Gasteiger partial charge >= 0.3 is 5.97 Å². The van der Waals surface area contributed by atoms with Crippen molar-refractivity contribution < 1.29 is 9.53 Å². The zero-order chi connectivity index (χ0) is 17.8. The van der Waals surface area contributed by atoms with Crippen LogP contribution in [0.25, 0.3) is 0 Å². The van der Waals surface area contributed by atoms with Crippen molar-refractivity contribution in [1.82, 2.24) is 10.3 Å². The van der Waals surface area contributed by atoms with Crippen molar-refractivity contribution in [2.24, 2.45) is 0 Å². The largest absolute Gasteiger partial charge is 0.462 e. The number of esters is 1. The first kappa shape index (κ1) is 20.3. The van der Waals surface area contributed by atoms with Crippen LogP contribution in [0.2, 0.25) is 5.15 Å². The molecule has 7 heteroatoms. The molecule has 1 rings (SSSR count). The van der Waals surface area contributed by atoms with Gasteiger partial charge in [0.2, 0.25) is 0 Å². The molecule has 0 saturated carbocycles. The van der Waals surface area contributed by atoms with Gasteiger partial charge in [-0.3, -0.25) is 0 Å². The van der Waals surface area contributed by atoms with E-state index in [0.29, 0.717) is 16.7 Å². The summed E-state index contributed by atoms with van der Waals surface area (Å²) in [6, 6.07) is 5.50. The van der Waals surface area contributed by atoms with Gasteiger partial charge in [0.1, 0.15) is 11.2 Å². The number of nitriles is 1. The second-order valence-electron chi connectivity index (χ2n) is 4.93. The summed E-state index contributed by atoms with van der Waals surface area (Å²) in [7, 11) is 0. The fraction of sp³-hybridized carbons (Fsp3) is 0.471. The van der Waals surface area contributed by atoms with Crippen molar-refractivity contribution in [1.29, 1.82) is 5.26 Å². The third-order valence-electron chi connectivity index (χ3n) is 3.05. The van der Waals surface area contributed by atoms with E-state index in [2.05, 4.69) is 17.2 Å². The lowest BCUT2D eigenvalue weighted by atomic mass is 10.3. The van der Waals surface area contributed by atoms with Gasteiger partial charge in [-0.1, -0.05) is 37.4 Å². The first-order valence-electron chi connectivity index (χ1n) is 7.90. The highest BCUT2D eigenvalue weighted by atomic mass is 35.5. The van der Waals surface area contributed by atoms with E-state index in [4.69, 9.17) is 16.3 Å². The Hall–Kier alpha value is -1.71. The molecule has 0 unspecified atom stereocenters. The standard InChI is InChI=1S/C17H22ClN3O2S/c1-3-5-6-9-24-16(14(10-19)17(22)23-4-2)21-12-13-7-8-15(18)20-11-13/h7-8,11,21H,3-6,9,12H2,1-2H3. The minimum Gasteiger partial charge on any atom is -0.462 e. The van der Waals surface area contributed by atoms with Gasteiger partial charge in [0, 0.05) is 12.7 Å². The molecular formula is C17H22ClN3O2S. The first-order chi connectivity index (χ1) is 11.6. The number of unbranched alkanes of at least 4 members (excludes halogenated alkanes) is 2. The van der Waals surface area contributed by atoms with Gasteiger partial charge in [-0.15, -0.1) is 11.8 Å². The average Bonchev–Trinajstić information content (AvgIpc) is 2.58. The highest BCUT2D eigenvalue weighted by molar-refractivity contribution is 8.03. The summed E-state index contributed by atoms with van der Waals surface area (Å²) in [6.07, 6.45) is 4.91. The second kappa shape index (κ2) is 11.8. The summed E-state index contributed by atoms with van der Waals surface area (Å²) in [4.78, 5) is 16.0. The average molecular weight is 368 g/mol. The lowest BCUT2D eigenvalue weighted by molar-refractivity contribution is -0.138. The van der Waals surface area contributed by atoms with E-state index in [1.54, 1.807) is 19.2 Å². The number of hydrogen-bond donors (Lipinski definition) is 1. The molecule has 0 radical (unpaired) electrons. The van der Waals surface area contributed by atoms with Crippen LogP contribution in [0.4, 0.5) is 0 Å². The topological polar surface area (TPSA) is 75.0 Å². The van der Waals surface area contributed by atoms with Crippen LogP contribution in [0, 0.1) is 11.3 Å². The molecule has 0 aliphatic heterocycles. The molecule has 1 aromatic rings. The van der Waals surface area contributed by atoms with E-state index in [9.17, 15) is 10.1 Å². The van der Waals surface area contributed by atoms with Crippen LogP contribution in [-0.4, -0.2) is 23.3 Å². The Balaban J connectivity index is 2.84. The summed E-state index contributed by atoms with van der Waals surface area (Å²) in [6.45, 7) is 4.53. The quantitative estimate of drug-likeness (QED) is 0.221. The molecule has 130 valence electrons. The number of rotatable bonds is 10. The maximum atomic E-state index is 12.0. The molecule has 0 spiro atoms. The third-order valence-corrected chi connectivity index (χ3v) is 4.41. The van der Waals surface area contributed by atoms with Crippen LogP contribution in [0.3, 0.4) is 0 Å². The van der Waals surface area contributed by atoms with Crippen molar-refractivity contribution in [2.45, 2.75) is 39.7 Å². The van der Waals surface area contributed by atoms with Crippen LogP contribution < -0.4 is 5.32 Å². The lowest BCUT2D eigenvalue weighted by Gasteiger charge is -2.13. The zero-order valence-corrected chi connectivity index (χ0v) is 15.5. The van der Waals surface area contributed by atoms with Crippen molar-refractivity contribution in [3.8, 4) is 6.07 Å². The van der Waals surface area contributed by atoms with E-state index in [-0.39, 0.29) is 12.2 Å². The van der Waals surface area contributed by atoms with Crippen molar-refractivity contribution >= 4 is 29.3 Å². The number of halogens is 1. The van der Waals surface area contributed by atoms with Crippen LogP contribution in [-0.2, 0) is 16.1 Å². The molecule has 1 N–H and O–H groups in total. The van der Waals surface area contributed by atoms with E-state index >= 15 is 0 Å². The Morgan fingerprint density at radius 3 is 2.79 bits per heavy atom. The Labute approximate surface area is 152 Å². The van der Waals surface area contributed by atoms with Gasteiger partial charge in [0.15, 0.2) is 5.57 Å². The monoisotopic (exact) mass is 367 g/mol. The number of aromatic nitrogens is 1. The SMILES string of the molecule is CCCCCSC(NCc1ccc(Cl)nc1)=C(C#N)C(=O)OCC. The van der Waals surface area contributed by atoms with E-state index in [1.165, 1.54) is 11.8 Å². The molecule has 24 heavy (non-hydrogen) atoms. The smallest absolute Gasteiger partial charge is 0.351 e.